The molecule has 0 bridgehead atoms. The van der Waals surface area contributed by atoms with Crippen molar-refractivity contribution in [2.75, 3.05) is 39.8 Å². The molecule has 0 aromatic heterocycles. The third-order valence-electron chi connectivity index (χ3n) is 3.02. The standard InChI is InChI=1S/C11H21N3O3/c1-3-9(12)11(16)14-6-4-13(5-7-14)8-10(15)17-2/h9H,3-8,12H2,1-2H3/t9-/m0/s1. The van der Waals surface area contributed by atoms with Crippen molar-refractivity contribution in [1.29, 1.82) is 0 Å². The van der Waals surface area contributed by atoms with E-state index in [9.17, 15) is 9.59 Å². The molecule has 1 aliphatic heterocycles. The molecule has 0 saturated carbocycles. The predicted molar refractivity (Wildman–Crippen MR) is 63.3 cm³/mol. The Hall–Kier alpha value is -1.14. The Morgan fingerprint density at radius 1 is 1.29 bits per heavy atom. The Labute approximate surface area is 102 Å². The Balaban J connectivity index is 2.35. The van der Waals surface area contributed by atoms with Gasteiger partial charge in [0.2, 0.25) is 5.91 Å². The van der Waals surface area contributed by atoms with Gasteiger partial charge in [-0.25, -0.2) is 0 Å². The monoisotopic (exact) mass is 243 g/mol. The van der Waals surface area contributed by atoms with E-state index in [1.807, 2.05) is 11.8 Å². The molecule has 98 valence electrons. The van der Waals surface area contributed by atoms with Crippen LogP contribution >= 0.6 is 0 Å². The maximum atomic E-state index is 11.8. The maximum absolute atomic E-state index is 11.8. The Bertz CT molecular complexity index is 275. The number of esters is 1. The normalized spacial score (nSPS) is 18.9. The van der Waals surface area contributed by atoms with Crippen LogP contribution in [-0.2, 0) is 14.3 Å². The van der Waals surface area contributed by atoms with Gasteiger partial charge >= 0.3 is 5.97 Å². The second-order valence-electron chi connectivity index (χ2n) is 4.19. The summed E-state index contributed by atoms with van der Waals surface area (Å²) in [4.78, 5) is 26.6. The molecule has 0 spiro atoms. The van der Waals surface area contributed by atoms with Gasteiger partial charge in [0.15, 0.2) is 0 Å². The number of carbonyl (C=O) groups excluding carboxylic acids is 2. The summed E-state index contributed by atoms with van der Waals surface area (Å²) in [5.74, 6) is -0.236. The van der Waals surface area contributed by atoms with Gasteiger partial charge in [0, 0.05) is 26.2 Å². The fourth-order valence-electron chi connectivity index (χ4n) is 1.78. The van der Waals surface area contributed by atoms with Crippen LogP contribution in [0.1, 0.15) is 13.3 Å². The molecule has 0 unspecified atom stereocenters. The molecule has 0 aromatic rings. The molecular formula is C11H21N3O3. The number of rotatable bonds is 4. The SMILES string of the molecule is CC[C@H](N)C(=O)N1CCN(CC(=O)OC)CC1. The summed E-state index contributed by atoms with van der Waals surface area (Å²) in [6.07, 6.45) is 0.654. The average molecular weight is 243 g/mol. The number of nitrogens with two attached hydrogens (primary N) is 1. The largest absolute Gasteiger partial charge is 0.468 e. The van der Waals surface area contributed by atoms with E-state index in [2.05, 4.69) is 4.74 Å². The molecule has 1 heterocycles. The molecule has 6 heteroatoms. The summed E-state index contributed by atoms with van der Waals surface area (Å²) in [5, 5.41) is 0. The first-order valence-electron chi connectivity index (χ1n) is 5.92. The van der Waals surface area contributed by atoms with E-state index in [1.165, 1.54) is 7.11 Å². The lowest BCUT2D eigenvalue weighted by molar-refractivity contribution is -0.142. The van der Waals surface area contributed by atoms with E-state index < -0.39 is 6.04 Å². The highest BCUT2D eigenvalue weighted by Gasteiger charge is 2.25. The molecule has 1 fully saturated rings. The lowest BCUT2D eigenvalue weighted by Crippen LogP contribution is -2.53. The molecule has 0 aliphatic carbocycles. The molecule has 1 rings (SSSR count). The lowest BCUT2D eigenvalue weighted by atomic mass is 10.2. The molecule has 17 heavy (non-hydrogen) atoms. The van der Waals surface area contributed by atoms with Gasteiger partial charge in [-0.3, -0.25) is 14.5 Å². The number of methoxy groups -OCH3 is 1. The quantitative estimate of drug-likeness (QED) is 0.644. The third kappa shape index (κ3) is 3.98. The van der Waals surface area contributed by atoms with Crippen LogP contribution in [0.3, 0.4) is 0 Å². The summed E-state index contributed by atoms with van der Waals surface area (Å²) in [6.45, 7) is 4.83. The number of ether oxygens (including phenoxy) is 1. The maximum Gasteiger partial charge on any atom is 0.319 e. The van der Waals surface area contributed by atoms with Gasteiger partial charge in [-0.15, -0.1) is 0 Å². The Kier molecular flexibility index (Phi) is 5.37. The molecule has 2 N–H and O–H groups in total. The van der Waals surface area contributed by atoms with Crippen molar-refractivity contribution < 1.29 is 14.3 Å². The summed E-state index contributed by atoms with van der Waals surface area (Å²) in [7, 11) is 1.38. The van der Waals surface area contributed by atoms with Crippen LogP contribution < -0.4 is 5.73 Å². The number of carbonyl (C=O) groups is 2. The molecule has 1 saturated heterocycles. The average Bonchev–Trinajstić information content (AvgIpc) is 2.37. The van der Waals surface area contributed by atoms with E-state index in [4.69, 9.17) is 5.73 Å². The molecule has 0 aromatic carbocycles. The molecule has 0 radical (unpaired) electrons. The third-order valence-corrected chi connectivity index (χ3v) is 3.02. The van der Waals surface area contributed by atoms with Gasteiger partial charge in [-0.1, -0.05) is 6.92 Å². The van der Waals surface area contributed by atoms with Gasteiger partial charge in [-0.05, 0) is 6.42 Å². The van der Waals surface area contributed by atoms with Crippen molar-refractivity contribution >= 4 is 11.9 Å². The highest BCUT2D eigenvalue weighted by atomic mass is 16.5. The summed E-state index contributed by atoms with van der Waals surface area (Å²) >= 11 is 0. The second-order valence-corrected chi connectivity index (χ2v) is 4.19. The van der Waals surface area contributed by atoms with Crippen LogP contribution in [0, 0.1) is 0 Å². The van der Waals surface area contributed by atoms with Crippen molar-refractivity contribution in [3.05, 3.63) is 0 Å². The fraction of sp³-hybridized carbons (Fsp3) is 0.818. The van der Waals surface area contributed by atoms with E-state index in [-0.39, 0.29) is 11.9 Å². The summed E-state index contributed by atoms with van der Waals surface area (Å²) in [5.41, 5.74) is 5.71. The van der Waals surface area contributed by atoms with Crippen molar-refractivity contribution in [2.45, 2.75) is 19.4 Å². The highest BCUT2D eigenvalue weighted by molar-refractivity contribution is 5.81. The number of nitrogens with zero attached hydrogens (tertiary/aromatic N) is 2. The number of amides is 1. The van der Waals surface area contributed by atoms with E-state index >= 15 is 0 Å². The lowest BCUT2D eigenvalue weighted by Gasteiger charge is -2.35. The minimum absolute atomic E-state index is 0.00483. The van der Waals surface area contributed by atoms with Gasteiger partial charge in [0.25, 0.3) is 0 Å². The van der Waals surface area contributed by atoms with Crippen LogP contribution in [0.5, 0.6) is 0 Å². The van der Waals surface area contributed by atoms with Crippen molar-refractivity contribution in [1.82, 2.24) is 9.80 Å². The van der Waals surface area contributed by atoms with E-state index in [0.717, 1.165) is 0 Å². The number of hydrogen-bond donors (Lipinski definition) is 1. The zero-order valence-corrected chi connectivity index (χ0v) is 10.5. The molecule has 1 amide bonds. The first-order valence-corrected chi connectivity index (χ1v) is 5.92. The van der Waals surface area contributed by atoms with Gasteiger partial charge < -0.3 is 15.4 Å². The molecule has 6 nitrogen and oxygen atoms in total. The van der Waals surface area contributed by atoms with Crippen LogP contribution in [0.25, 0.3) is 0 Å². The molecular weight excluding hydrogens is 222 g/mol. The summed E-state index contributed by atoms with van der Waals surface area (Å²) in [6, 6.07) is -0.401. The fourth-order valence-corrected chi connectivity index (χ4v) is 1.78. The topological polar surface area (TPSA) is 75.9 Å². The van der Waals surface area contributed by atoms with Gasteiger partial charge in [0.05, 0.1) is 19.7 Å². The molecule has 1 atom stereocenters. The van der Waals surface area contributed by atoms with E-state index in [0.29, 0.717) is 39.1 Å². The van der Waals surface area contributed by atoms with Crippen LogP contribution in [0.15, 0.2) is 0 Å². The predicted octanol–water partition coefficient (Wildman–Crippen LogP) is -0.959. The van der Waals surface area contributed by atoms with Crippen molar-refractivity contribution in [3.8, 4) is 0 Å². The first-order chi connectivity index (χ1) is 8.08. The number of hydrogen-bond acceptors (Lipinski definition) is 5. The minimum Gasteiger partial charge on any atom is -0.468 e. The summed E-state index contributed by atoms with van der Waals surface area (Å²) < 4.78 is 4.60. The van der Waals surface area contributed by atoms with Crippen LogP contribution in [0.4, 0.5) is 0 Å². The van der Waals surface area contributed by atoms with Crippen LogP contribution in [-0.4, -0.2) is 67.6 Å². The Morgan fingerprint density at radius 3 is 2.35 bits per heavy atom. The zero-order valence-electron chi connectivity index (χ0n) is 10.5. The number of piperazine rings is 1. The smallest absolute Gasteiger partial charge is 0.319 e. The van der Waals surface area contributed by atoms with Crippen molar-refractivity contribution in [2.24, 2.45) is 5.73 Å². The van der Waals surface area contributed by atoms with Crippen LogP contribution in [0.2, 0.25) is 0 Å². The minimum atomic E-state index is -0.401. The second kappa shape index (κ2) is 6.56. The van der Waals surface area contributed by atoms with Gasteiger partial charge in [0.1, 0.15) is 0 Å². The van der Waals surface area contributed by atoms with Gasteiger partial charge in [-0.2, -0.15) is 0 Å². The first kappa shape index (κ1) is 13.9. The highest BCUT2D eigenvalue weighted by Crippen LogP contribution is 2.04. The molecule has 1 aliphatic rings. The Morgan fingerprint density at radius 2 is 1.88 bits per heavy atom. The van der Waals surface area contributed by atoms with Crippen molar-refractivity contribution in [3.63, 3.8) is 0 Å². The zero-order chi connectivity index (χ0) is 12.8. The van der Waals surface area contributed by atoms with E-state index in [1.54, 1.807) is 4.90 Å².